The first-order valence-electron chi connectivity index (χ1n) is 8.10. The molecule has 26 heavy (non-hydrogen) atoms. The van der Waals surface area contributed by atoms with E-state index in [1.54, 1.807) is 18.7 Å². The standard InChI is InChI=1S/C19H19BrN4O2/c1-13-18(19(26)24(23(13)2)16-6-4-3-5-7-16)22-17(25)12-21-15-10-8-14(20)9-11-15/h3-11,21H,12H2,1-2H3,(H,22,25). The molecule has 3 rings (SSSR count). The minimum absolute atomic E-state index is 0.0702. The van der Waals surface area contributed by atoms with Crippen molar-refractivity contribution < 1.29 is 4.79 Å². The number of nitrogens with zero attached hydrogens (tertiary/aromatic N) is 2. The summed E-state index contributed by atoms with van der Waals surface area (Å²) in [6, 6.07) is 16.8. The summed E-state index contributed by atoms with van der Waals surface area (Å²) >= 11 is 3.37. The third-order valence-corrected chi connectivity index (χ3v) is 4.64. The van der Waals surface area contributed by atoms with Crippen molar-refractivity contribution in [1.29, 1.82) is 0 Å². The van der Waals surface area contributed by atoms with Gasteiger partial charge in [0, 0.05) is 17.2 Å². The highest BCUT2D eigenvalue weighted by atomic mass is 79.9. The quantitative estimate of drug-likeness (QED) is 0.672. The number of amides is 1. The van der Waals surface area contributed by atoms with E-state index in [1.165, 1.54) is 4.68 Å². The van der Waals surface area contributed by atoms with Crippen molar-refractivity contribution in [1.82, 2.24) is 9.36 Å². The Morgan fingerprint density at radius 2 is 1.73 bits per heavy atom. The van der Waals surface area contributed by atoms with Gasteiger partial charge in [-0.05, 0) is 43.3 Å². The number of carbonyl (C=O) groups excluding carboxylic acids is 1. The maximum absolute atomic E-state index is 12.8. The van der Waals surface area contributed by atoms with E-state index >= 15 is 0 Å². The van der Waals surface area contributed by atoms with E-state index in [2.05, 4.69) is 26.6 Å². The summed E-state index contributed by atoms with van der Waals surface area (Å²) in [5, 5.41) is 5.76. The molecule has 6 nitrogen and oxygen atoms in total. The monoisotopic (exact) mass is 414 g/mol. The molecule has 3 aromatic rings. The second kappa shape index (κ2) is 7.61. The van der Waals surface area contributed by atoms with E-state index in [4.69, 9.17) is 0 Å². The molecule has 0 saturated carbocycles. The molecular weight excluding hydrogens is 396 g/mol. The van der Waals surface area contributed by atoms with Crippen LogP contribution in [0.25, 0.3) is 5.69 Å². The second-order valence-corrected chi connectivity index (χ2v) is 6.76. The van der Waals surface area contributed by atoms with Crippen LogP contribution in [0.15, 0.2) is 63.9 Å². The van der Waals surface area contributed by atoms with Gasteiger partial charge in [0.1, 0.15) is 5.69 Å². The molecule has 0 spiro atoms. The van der Waals surface area contributed by atoms with Gasteiger partial charge >= 0.3 is 0 Å². The van der Waals surface area contributed by atoms with Gasteiger partial charge in [-0.25, -0.2) is 4.68 Å². The Kier molecular flexibility index (Phi) is 5.27. The molecule has 0 aliphatic rings. The molecule has 0 atom stereocenters. The van der Waals surface area contributed by atoms with Crippen LogP contribution >= 0.6 is 15.9 Å². The van der Waals surface area contributed by atoms with Crippen LogP contribution in [0.2, 0.25) is 0 Å². The zero-order valence-electron chi connectivity index (χ0n) is 14.5. The van der Waals surface area contributed by atoms with Gasteiger partial charge in [-0.3, -0.25) is 14.3 Å². The zero-order chi connectivity index (χ0) is 18.7. The maximum Gasteiger partial charge on any atom is 0.295 e. The van der Waals surface area contributed by atoms with Crippen molar-refractivity contribution in [2.75, 3.05) is 17.2 Å². The number of halogens is 1. The van der Waals surface area contributed by atoms with Crippen LogP contribution in [0.1, 0.15) is 5.69 Å². The molecule has 1 amide bonds. The van der Waals surface area contributed by atoms with E-state index in [0.29, 0.717) is 11.4 Å². The smallest absolute Gasteiger partial charge is 0.295 e. The van der Waals surface area contributed by atoms with Gasteiger partial charge in [-0.1, -0.05) is 34.1 Å². The Labute approximate surface area is 159 Å². The highest BCUT2D eigenvalue weighted by molar-refractivity contribution is 9.10. The van der Waals surface area contributed by atoms with Crippen LogP contribution in [-0.2, 0) is 11.8 Å². The Hall–Kier alpha value is -2.80. The Balaban J connectivity index is 1.76. The first-order chi connectivity index (χ1) is 12.5. The second-order valence-electron chi connectivity index (χ2n) is 5.85. The number of anilines is 2. The number of rotatable bonds is 5. The topological polar surface area (TPSA) is 68.1 Å². The van der Waals surface area contributed by atoms with Crippen LogP contribution in [0.4, 0.5) is 11.4 Å². The van der Waals surface area contributed by atoms with Gasteiger partial charge in [0.25, 0.3) is 5.56 Å². The summed E-state index contributed by atoms with van der Waals surface area (Å²) in [7, 11) is 1.79. The molecule has 0 saturated heterocycles. The molecular formula is C19H19BrN4O2. The minimum Gasteiger partial charge on any atom is -0.376 e. The molecule has 1 aromatic heterocycles. The van der Waals surface area contributed by atoms with E-state index < -0.39 is 0 Å². The van der Waals surface area contributed by atoms with Crippen molar-refractivity contribution in [2.24, 2.45) is 7.05 Å². The van der Waals surface area contributed by atoms with Crippen molar-refractivity contribution in [2.45, 2.75) is 6.92 Å². The third-order valence-electron chi connectivity index (χ3n) is 4.12. The number of para-hydroxylation sites is 1. The minimum atomic E-state index is -0.279. The summed E-state index contributed by atoms with van der Waals surface area (Å²) < 4.78 is 4.23. The lowest BCUT2D eigenvalue weighted by Gasteiger charge is -2.07. The van der Waals surface area contributed by atoms with Crippen molar-refractivity contribution >= 4 is 33.2 Å². The normalized spacial score (nSPS) is 10.6. The molecule has 0 bridgehead atoms. The number of aromatic nitrogens is 2. The van der Waals surface area contributed by atoms with E-state index in [9.17, 15) is 9.59 Å². The predicted octanol–water partition coefficient (Wildman–Crippen LogP) is 3.30. The van der Waals surface area contributed by atoms with Crippen LogP contribution in [-0.4, -0.2) is 21.8 Å². The number of hydrogen-bond donors (Lipinski definition) is 2. The van der Waals surface area contributed by atoms with Crippen molar-refractivity contribution in [3.63, 3.8) is 0 Å². The van der Waals surface area contributed by atoms with Crippen LogP contribution in [0.5, 0.6) is 0 Å². The molecule has 134 valence electrons. The number of nitrogens with one attached hydrogen (secondary N) is 2. The Morgan fingerprint density at radius 3 is 2.38 bits per heavy atom. The summed E-state index contributed by atoms with van der Waals surface area (Å²) in [4.78, 5) is 25.0. The molecule has 7 heteroatoms. The Bertz CT molecular complexity index is 975. The van der Waals surface area contributed by atoms with Crippen LogP contribution in [0, 0.1) is 6.92 Å². The SMILES string of the molecule is Cc1c(NC(=O)CNc2ccc(Br)cc2)c(=O)n(-c2ccccc2)n1C. The fourth-order valence-corrected chi connectivity index (χ4v) is 2.91. The first-order valence-corrected chi connectivity index (χ1v) is 8.90. The molecule has 0 aliphatic heterocycles. The lowest BCUT2D eigenvalue weighted by atomic mass is 10.3. The highest BCUT2D eigenvalue weighted by Gasteiger charge is 2.17. The average molecular weight is 415 g/mol. The van der Waals surface area contributed by atoms with E-state index in [0.717, 1.165) is 15.8 Å². The molecule has 0 aliphatic carbocycles. The first kappa shape index (κ1) is 18.0. The fraction of sp³-hybridized carbons (Fsp3) is 0.158. The summed E-state index contributed by atoms with van der Waals surface area (Å²) in [6.07, 6.45) is 0. The van der Waals surface area contributed by atoms with Gasteiger partial charge < -0.3 is 10.6 Å². The Morgan fingerprint density at radius 1 is 1.08 bits per heavy atom. The van der Waals surface area contributed by atoms with Gasteiger partial charge in [0.05, 0.1) is 17.9 Å². The van der Waals surface area contributed by atoms with Gasteiger partial charge in [-0.15, -0.1) is 0 Å². The maximum atomic E-state index is 12.8. The predicted molar refractivity (Wildman–Crippen MR) is 107 cm³/mol. The average Bonchev–Trinajstić information content (AvgIpc) is 2.85. The fourth-order valence-electron chi connectivity index (χ4n) is 2.65. The number of hydrogen-bond acceptors (Lipinski definition) is 3. The zero-order valence-corrected chi connectivity index (χ0v) is 16.1. The third kappa shape index (κ3) is 3.72. The summed E-state index contributed by atoms with van der Waals surface area (Å²) in [6.45, 7) is 1.87. The van der Waals surface area contributed by atoms with Crippen LogP contribution in [0.3, 0.4) is 0 Å². The molecule has 0 fully saturated rings. The van der Waals surface area contributed by atoms with Gasteiger partial charge in [0.2, 0.25) is 5.91 Å². The number of carbonyl (C=O) groups is 1. The largest absolute Gasteiger partial charge is 0.376 e. The molecule has 2 aromatic carbocycles. The molecule has 2 N–H and O–H groups in total. The van der Waals surface area contributed by atoms with E-state index in [1.807, 2.05) is 54.6 Å². The summed E-state index contributed by atoms with van der Waals surface area (Å²) in [5.41, 5.74) is 2.30. The molecule has 1 heterocycles. The van der Waals surface area contributed by atoms with Crippen molar-refractivity contribution in [3.05, 3.63) is 75.1 Å². The van der Waals surface area contributed by atoms with E-state index in [-0.39, 0.29) is 18.0 Å². The number of benzene rings is 2. The lowest BCUT2D eigenvalue weighted by molar-refractivity contribution is -0.114. The van der Waals surface area contributed by atoms with Gasteiger partial charge in [-0.2, -0.15) is 0 Å². The molecule has 0 radical (unpaired) electrons. The lowest BCUT2D eigenvalue weighted by Crippen LogP contribution is -2.26. The highest BCUT2D eigenvalue weighted by Crippen LogP contribution is 2.15. The molecule has 0 unspecified atom stereocenters. The summed E-state index contributed by atoms with van der Waals surface area (Å²) in [5.74, 6) is -0.279. The van der Waals surface area contributed by atoms with Gasteiger partial charge in [0.15, 0.2) is 0 Å². The van der Waals surface area contributed by atoms with Crippen LogP contribution < -0.4 is 16.2 Å². The van der Waals surface area contributed by atoms with Crippen molar-refractivity contribution in [3.8, 4) is 5.69 Å².